The molecule has 2 aromatic rings. The molecule has 170 valence electrons. The molecule has 0 amide bonds. The zero-order chi connectivity index (χ0) is 21.8. The minimum atomic E-state index is -0.666. The standard InChI is InChI=1S/C29H40F2/c1-3-5-26-19-25-17-12-22(18-27(25)29(31)28(26)30)7-6-21-10-15-24(16-11-21)23-13-8-20(4-2)9-14-23/h12,17-21,23-24H,3-11,13-16H2,1-2H3. The summed E-state index contributed by atoms with van der Waals surface area (Å²) in [7, 11) is 0. The van der Waals surface area contributed by atoms with Gasteiger partial charge in [0.2, 0.25) is 0 Å². The van der Waals surface area contributed by atoms with Crippen LogP contribution in [0.5, 0.6) is 0 Å². The number of fused-ring (bicyclic) bond motifs is 1. The maximum Gasteiger partial charge on any atom is 0.166 e. The second kappa shape index (κ2) is 10.5. The maximum absolute atomic E-state index is 14.6. The highest BCUT2D eigenvalue weighted by molar-refractivity contribution is 5.84. The molecule has 2 fully saturated rings. The molecule has 0 bridgehead atoms. The third-order valence-corrected chi connectivity index (χ3v) is 8.55. The number of aryl methyl sites for hydroxylation is 2. The van der Waals surface area contributed by atoms with Crippen molar-refractivity contribution in [3.8, 4) is 0 Å². The van der Waals surface area contributed by atoms with Gasteiger partial charge in [0.1, 0.15) is 0 Å². The van der Waals surface area contributed by atoms with Crippen molar-refractivity contribution in [2.24, 2.45) is 23.7 Å². The Morgan fingerprint density at radius 2 is 1.39 bits per heavy atom. The maximum atomic E-state index is 14.6. The number of benzene rings is 2. The molecule has 0 N–H and O–H groups in total. The van der Waals surface area contributed by atoms with Gasteiger partial charge in [-0.2, -0.15) is 0 Å². The normalized spacial score (nSPS) is 27.0. The van der Waals surface area contributed by atoms with Gasteiger partial charge < -0.3 is 0 Å². The molecule has 0 radical (unpaired) electrons. The quantitative estimate of drug-likeness (QED) is 0.414. The topological polar surface area (TPSA) is 0 Å². The van der Waals surface area contributed by atoms with Crippen LogP contribution in [0.4, 0.5) is 8.78 Å². The summed E-state index contributed by atoms with van der Waals surface area (Å²) >= 11 is 0. The van der Waals surface area contributed by atoms with Gasteiger partial charge in [0, 0.05) is 5.39 Å². The number of hydrogen-bond acceptors (Lipinski definition) is 0. The van der Waals surface area contributed by atoms with Crippen molar-refractivity contribution < 1.29 is 8.78 Å². The molecule has 0 aliphatic heterocycles. The number of hydrogen-bond donors (Lipinski definition) is 0. The molecule has 4 rings (SSSR count). The summed E-state index contributed by atoms with van der Waals surface area (Å²) in [6.07, 6.45) is 16.3. The summed E-state index contributed by atoms with van der Waals surface area (Å²) in [6, 6.07) is 7.82. The zero-order valence-electron chi connectivity index (χ0n) is 19.6. The van der Waals surface area contributed by atoms with E-state index >= 15 is 0 Å². The molecular weight excluding hydrogens is 386 g/mol. The molecule has 0 nitrogen and oxygen atoms in total. The summed E-state index contributed by atoms with van der Waals surface area (Å²) in [5.41, 5.74) is 1.65. The lowest BCUT2D eigenvalue weighted by Crippen LogP contribution is -2.25. The van der Waals surface area contributed by atoms with Crippen molar-refractivity contribution in [3.63, 3.8) is 0 Å². The Kier molecular flexibility index (Phi) is 7.67. The Balaban J connectivity index is 1.31. The van der Waals surface area contributed by atoms with Crippen LogP contribution in [0.3, 0.4) is 0 Å². The highest BCUT2D eigenvalue weighted by Crippen LogP contribution is 2.42. The molecule has 2 saturated carbocycles. The van der Waals surface area contributed by atoms with Crippen molar-refractivity contribution >= 4 is 10.8 Å². The van der Waals surface area contributed by atoms with Crippen molar-refractivity contribution in [1.82, 2.24) is 0 Å². The lowest BCUT2D eigenvalue weighted by molar-refractivity contribution is 0.142. The van der Waals surface area contributed by atoms with Crippen molar-refractivity contribution in [1.29, 1.82) is 0 Å². The van der Waals surface area contributed by atoms with E-state index in [1.807, 2.05) is 25.1 Å². The van der Waals surface area contributed by atoms with Crippen LogP contribution < -0.4 is 0 Å². The molecule has 2 aliphatic carbocycles. The van der Waals surface area contributed by atoms with E-state index in [2.05, 4.69) is 13.0 Å². The van der Waals surface area contributed by atoms with Crippen molar-refractivity contribution in [3.05, 3.63) is 47.0 Å². The van der Waals surface area contributed by atoms with Gasteiger partial charge in [-0.3, -0.25) is 0 Å². The first-order chi connectivity index (χ1) is 15.1. The number of rotatable bonds is 7. The largest absolute Gasteiger partial charge is 0.203 e. The lowest BCUT2D eigenvalue weighted by Gasteiger charge is -2.37. The van der Waals surface area contributed by atoms with Crippen LogP contribution in [0.15, 0.2) is 24.3 Å². The van der Waals surface area contributed by atoms with Crippen LogP contribution in [-0.2, 0) is 12.8 Å². The molecule has 0 spiro atoms. The third-order valence-electron chi connectivity index (χ3n) is 8.55. The third kappa shape index (κ3) is 5.32. The Morgan fingerprint density at radius 3 is 2.00 bits per heavy atom. The van der Waals surface area contributed by atoms with Crippen LogP contribution in [0.1, 0.15) is 95.6 Å². The summed E-state index contributed by atoms with van der Waals surface area (Å²) in [5.74, 6) is 2.42. The molecule has 2 aliphatic rings. The molecule has 0 saturated heterocycles. The van der Waals surface area contributed by atoms with Gasteiger partial charge in [-0.05, 0) is 97.3 Å². The van der Waals surface area contributed by atoms with Gasteiger partial charge in [0.15, 0.2) is 11.6 Å². The minimum Gasteiger partial charge on any atom is -0.203 e. The van der Waals surface area contributed by atoms with E-state index in [-0.39, 0.29) is 0 Å². The van der Waals surface area contributed by atoms with Gasteiger partial charge in [-0.1, -0.05) is 64.5 Å². The summed E-state index contributed by atoms with van der Waals surface area (Å²) in [4.78, 5) is 0. The monoisotopic (exact) mass is 426 g/mol. The summed E-state index contributed by atoms with van der Waals surface area (Å²) in [6.45, 7) is 4.34. The van der Waals surface area contributed by atoms with E-state index in [0.29, 0.717) is 17.4 Å². The first-order valence-electron chi connectivity index (χ1n) is 13.0. The van der Waals surface area contributed by atoms with E-state index in [0.717, 1.165) is 47.5 Å². The Labute approximate surface area is 187 Å². The van der Waals surface area contributed by atoms with E-state index < -0.39 is 11.6 Å². The lowest BCUT2D eigenvalue weighted by atomic mass is 9.68. The molecule has 0 heterocycles. The van der Waals surface area contributed by atoms with Crippen LogP contribution >= 0.6 is 0 Å². The average molecular weight is 427 g/mol. The highest BCUT2D eigenvalue weighted by Gasteiger charge is 2.30. The van der Waals surface area contributed by atoms with E-state index in [1.165, 1.54) is 64.2 Å². The van der Waals surface area contributed by atoms with Crippen LogP contribution in [0.2, 0.25) is 0 Å². The van der Waals surface area contributed by atoms with Gasteiger partial charge in [0.05, 0.1) is 0 Å². The smallest absolute Gasteiger partial charge is 0.166 e. The van der Waals surface area contributed by atoms with Crippen molar-refractivity contribution in [2.75, 3.05) is 0 Å². The molecule has 0 unspecified atom stereocenters. The van der Waals surface area contributed by atoms with E-state index in [9.17, 15) is 8.78 Å². The predicted octanol–water partition coefficient (Wildman–Crippen LogP) is 9.03. The first kappa shape index (κ1) is 22.7. The molecule has 2 heteroatoms. The molecule has 0 aromatic heterocycles. The highest BCUT2D eigenvalue weighted by atomic mass is 19.2. The van der Waals surface area contributed by atoms with E-state index in [4.69, 9.17) is 0 Å². The minimum absolute atomic E-state index is 0.446. The second-order valence-corrected chi connectivity index (χ2v) is 10.5. The average Bonchev–Trinajstić information content (AvgIpc) is 2.82. The summed E-state index contributed by atoms with van der Waals surface area (Å²) < 4.78 is 29.0. The molecule has 31 heavy (non-hydrogen) atoms. The Morgan fingerprint density at radius 1 is 0.742 bits per heavy atom. The van der Waals surface area contributed by atoms with Gasteiger partial charge in [-0.25, -0.2) is 8.78 Å². The van der Waals surface area contributed by atoms with Crippen LogP contribution in [-0.4, -0.2) is 0 Å². The molecular formula is C29H40F2. The second-order valence-electron chi connectivity index (χ2n) is 10.5. The first-order valence-corrected chi connectivity index (χ1v) is 13.0. The fraction of sp³-hybridized carbons (Fsp3) is 0.655. The Bertz CT molecular complexity index is 855. The van der Waals surface area contributed by atoms with Gasteiger partial charge in [-0.15, -0.1) is 0 Å². The van der Waals surface area contributed by atoms with Gasteiger partial charge in [0.25, 0.3) is 0 Å². The number of halogens is 2. The zero-order valence-corrected chi connectivity index (χ0v) is 19.6. The predicted molar refractivity (Wildman–Crippen MR) is 127 cm³/mol. The fourth-order valence-corrected chi connectivity index (χ4v) is 6.42. The molecule has 0 atom stereocenters. The van der Waals surface area contributed by atoms with Crippen molar-refractivity contribution in [2.45, 2.75) is 97.3 Å². The van der Waals surface area contributed by atoms with Gasteiger partial charge >= 0.3 is 0 Å². The Hall–Kier alpha value is -1.44. The van der Waals surface area contributed by atoms with Crippen LogP contribution in [0.25, 0.3) is 10.8 Å². The SMILES string of the molecule is CCCc1cc2ccc(CCC3CCC(C4CCC(CC)CC4)CC3)cc2c(F)c1F. The molecule has 2 aromatic carbocycles. The fourth-order valence-electron chi connectivity index (χ4n) is 6.42. The van der Waals surface area contributed by atoms with Crippen LogP contribution in [0, 0.1) is 35.3 Å². The van der Waals surface area contributed by atoms with E-state index in [1.54, 1.807) is 0 Å². The summed E-state index contributed by atoms with van der Waals surface area (Å²) in [5, 5.41) is 1.27.